The van der Waals surface area contributed by atoms with Crippen molar-refractivity contribution >= 4 is 17.0 Å². The van der Waals surface area contributed by atoms with Gasteiger partial charge < -0.3 is 9.88 Å². The van der Waals surface area contributed by atoms with Crippen LogP contribution in [-0.2, 0) is 0 Å². The van der Waals surface area contributed by atoms with Crippen LogP contribution in [0.2, 0.25) is 0 Å². The van der Waals surface area contributed by atoms with Crippen molar-refractivity contribution in [2.45, 2.75) is 33.6 Å². The summed E-state index contributed by atoms with van der Waals surface area (Å²) in [4.78, 5) is 0. The molecule has 0 amide bonds. The van der Waals surface area contributed by atoms with Crippen LogP contribution in [-0.4, -0.2) is 11.1 Å². The molecule has 164 valence electrons. The molecule has 2 aromatic carbocycles. The fourth-order valence-electron chi connectivity index (χ4n) is 3.76. The molecule has 0 saturated carbocycles. The first-order valence-electron chi connectivity index (χ1n) is 11.3. The molecule has 0 aliphatic rings. The van der Waals surface area contributed by atoms with Crippen LogP contribution in [0.25, 0.3) is 22.7 Å². The van der Waals surface area contributed by atoms with Gasteiger partial charge in [-0.3, -0.25) is 0 Å². The molecule has 0 bridgehead atoms. The summed E-state index contributed by atoms with van der Waals surface area (Å²) < 4.78 is 2.34. The number of allylic oxidation sites excluding steroid dienone is 6. The normalized spacial score (nSPS) is 12.5. The molecular formula is C30H34N2. The highest BCUT2D eigenvalue weighted by molar-refractivity contribution is 5.89. The third-order valence-electron chi connectivity index (χ3n) is 5.64. The first-order valence-corrected chi connectivity index (χ1v) is 11.3. The lowest BCUT2D eigenvalue weighted by molar-refractivity contribution is 0.942. The van der Waals surface area contributed by atoms with Crippen LogP contribution < -0.4 is 5.32 Å². The number of para-hydroxylation sites is 2. The van der Waals surface area contributed by atoms with Gasteiger partial charge >= 0.3 is 0 Å². The van der Waals surface area contributed by atoms with Crippen LogP contribution in [0.5, 0.6) is 0 Å². The van der Waals surface area contributed by atoms with E-state index in [1.807, 2.05) is 19.2 Å². The van der Waals surface area contributed by atoms with Gasteiger partial charge in [-0.05, 0) is 75.2 Å². The summed E-state index contributed by atoms with van der Waals surface area (Å²) in [7, 11) is 0. The Labute approximate surface area is 193 Å². The van der Waals surface area contributed by atoms with Gasteiger partial charge in [-0.2, -0.15) is 0 Å². The van der Waals surface area contributed by atoms with Crippen molar-refractivity contribution in [3.05, 3.63) is 120 Å². The number of hydrogen-bond donors (Lipinski definition) is 1. The number of fused-ring (bicyclic) bond motifs is 1. The summed E-state index contributed by atoms with van der Waals surface area (Å²) >= 11 is 0. The van der Waals surface area contributed by atoms with E-state index in [4.69, 9.17) is 0 Å². The second kappa shape index (κ2) is 11.8. The van der Waals surface area contributed by atoms with Gasteiger partial charge in [-0.1, -0.05) is 78.9 Å². The number of nitrogens with one attached hydrogen (secondary N) is 1. The maximum Gasteiger partial charge on any atom is 0.0537 e. The van der Waals surface area contributed by atoms with Crippen LogP contribution >= 0.6 is 0 Å². The van der Waals surface area contributed by atoms with Gasteiger partial charge in [0.1, 0.15) is 0 Å². The first kappa shape index (κ1) is 23.1. The molecule has 2 nitrogen and oxygen atoms in total. The van der Waals surface area contributed by atoms with Crippen LogP contribution in [0.3, 0.4) is 0 Å². The first-order chi connectivity index (χ1) is 15.6. The molecule has 0 unspecified atom stereocenters. The van der Waals surface area contributed by atoms with Crippen LogP contribution in [0.1, 0.15) is 37.9 Å². The Kier molecular flexibility index (Phi) is 8.51. The van der Waals surface area contributed by atoms with E-state index in [9.17, 15) is 0 Å². The minimum atomic E-state index is 0.785. The van der Waals surface area contributed by atoms with Gasteiger partial charge in [0.15, 0.2) is 0 Å². The second-order valence-electron chi connectivity index (χ2n) is 7.93. The third-order valence-corrected chi connectivity index (χ3v) is 5.64. The maximum atomic E-state index is 4.18. The topological polar surface area (TPSA) is 17.0 Å². The Morgan fingerprint density at radius 3 is 2.56 bits per heavy atom. The molecule has 0 atom stereocenters. The van der Waals surface area contributed by atoms with Crippen molar-refractivity contribution in [1.82, 2.24) is 9.88 Å². The van der Waals surface area contributed by atoms with E-state index in [-0.39, 0.29) is 0 Å². The Morgan fingerprint density at radius 2 is 1.78 bits per heavy atom. The predicted molar refractivity (Wildman–Crippen MR) is 141 cm³/mol. The quantitative estimate of drug-likeness (QED) is 0.259. The summed E-state index contributed by atoms with van der Waals surface area (Å²) in [5.41, 5.74) is 7.39. The van der Waals surface area contributed by atoms with Gasteiger partial charge in [0.05, 0.1) is 5.52 Å². The van der Waals surface area contributed by atoms with Crippen molar-refractivity contribution < 1.29 is 0 Å². The van der Waals surface area contributed by atoms with E-state index in [1.165, 1.54) is 39.0 Å². The van der Waals surface area contributed by atoms with E-state index < -0.39 is 0 Å². The molecule has 0 saturated heterocycles. The summed E-state index contributed by atoms with van der Waals surface area (Å²) in [5.74, 6) is 0. The average Bonchev–Trinajstić information content (AvgIpc) is 3.11. The standard InChI is InChI=1S/C30H34N2/c1-5-6-15-24(2)25(3)16-12-13-22-31-23-14-21-29-26(4)28-19-10-11-20-30(28)32(29)27-17-8-7-9-18-27/h5-11,13-15,17-22,31H,3,12,16,23H2,1-2,4H3/b6-5-,21-14-,22-13+,24-15+. The summed E-state index contributed by atoms with van der Waals surface area (Å²) in [6.45, 7) is 11.3. The van der Waals surface area contributed by atoms with E-state index in [2.05, 4.69) is 115 Å². The zero-order valence-corrected chi connectivity index (χ0v) is 19.5. The Hall–Kier alpha value is -3.52. The van der Waals surface area contributed by atoms with E-state index >= 15 is 0 Å². The monoisotopic (exact) mass is 422 g/mol. The van der Waals surface area contributed by atoms with E-state index in [0.29, 0.717) is 0 Å². The molecule has 1 aromatic heterocycles. The van der Waals surface area contributed by atoms with Crippen molar-refractivity contribution in [2.24, 2.45) is 0 Å². The van der Waals surface area contributed by atoms with Crippen LogP contribution in [0.15, 0.2) is 109 Å². The molecule has 32 heavy (non-hydrogen) atoms. The van der Waals surface area contributed by atoms with E-state index in [0.717, 1.165) is 19.4 Å². The van der Waals surface area contributed by atoms with Crippen LogP contribution in [0, 0.1) is 6.92 Å². The Balaban J connectivity index is 1.62. The summed E-state index contributed by atoms with van der Waals surface area (Å²) in [5, 5.41) is 4.67. The zero-order chi connectivity index (χ0) is 22.8. The predicted octanol–water partition coefficient (Wildman–Crippen LogP) is 7.91. The minimum Gasteiger partial charge on any atom is -0.388 e. The number of rotatable bonds is 10. The number of aromatic nitrogens is 1. The van der Waals surface area contributed by atoms with Crippen LogP contribution in [0.4, 0.5) is 0 Å². The summed E-state index contributed by atoms with van der Waals surface area (Å²) in [6.07, 6.45) is 16.8. The Bertz CT molecular complexity index is 1150. The van der Waals surface area contributed by atoms with Crippen molar-refractivity contribution in [1.29, 1.82) is 0 Å². The molecular weight excluding hydrogens is 388 g/mol. The number of aryl methyl sites for hydroxylation is 1. The van der Waals surface area contributed by atoms with Gasteiger partial charge in [-0.15, -0.1) is 0 Å². The zero-order valence-electron chi connectivity index (χ0n) is 19.5. The molecule has 0 aliphatic carbocycles. The molecule has 2 heteroatoms. The van der Waals surface area contributed by atoms with Gasteiger partial charge in [0.25, 0.3) is 0 Å². The third kappa shape index (κ3) is 5.79. The molecule has 1 N–H and O–H groups in total. The van der Waals surface area contributed by atoms with Gasteiger partial charge in [0.2, 0.25) is 0 Å². The highest BCUT2D eigenvalue weighted by atomic mass is 15.0. The minimum absolute atomic E-state index is 0.785. The number of hydrogen-bond acceptors (Lipinski definition) is 1. The second-order valence-corrected chi connectivity index (χ2v) is 7.93. The molecule has 0 fully saturated rings. The highest BCUT2D eigenvalue weighted by Gasteiger charge is 2.12. The SMILES string of the molecule is C=C(CC/C=C/NC/C=C\c1c(C)c2ccccc2n1-c1ccccc1)/C(C)=C/C=C\C. The smallest absolute Gasteiger partial charge is 0.0537 e. The molecule has 0 spiro atoms. The number of benzene rings is 2. The van der Waals surface area contributed by atoms with Crippen molar-refractivity contribution in [3.8, 4) is 5.69 Å². The Morgan fingerprint density at radius 1 is 1.03 bits per heavy atom. The lowest BCUT2D eigenvalue weighted by atomic mass is 10.0. The highest BCUT2D eigenvalue weighted by Crippen LogP contribution is 2.29. The van der Waals surface area contributed by atoms with Gasteiger partial charge in [0, 0.05) is 23.3 Å². The van der Waals surface area contributed by atoms with Gasteiger partial charge in [-0.25, -0.2) is 0 Å². The molecule has 1 heterocycles. The molecule has 0 radical (unpaired) electrons. The van der Waals surface area contributed by atoms with Crippen molar-refractivity contribution in [2.75, 3.05) is 6.54 Å². The summed E-state index contributed by atoms with van der Waals surface area (Å²) in [6, 6.07) is 19.2. The van der Waals surface area contributed by atoms with E-state index in [1.54, 1.807) is 0 Å². The molecule has 3 aromatic rings. The largest absolute Gasteiger partial charge is 0.388 e. The van der Waals surface area contributed by atoms with Crippen molar-refractivity contribution in [3.63, 3.8) is 0 Å². The molecule has 0 aliphatic heterocycles. The number of nitrogens with zero attached hydrogens (tertiary/aromatic N) is 1. The molecule has 3 rings (SSSR count). The fraction of sp³-hybridized carbons (Fsp3) is 0.200. The lowest BCUT2D eigenvalue weighted by Gasteiger charge is -2.09. The average molecular weight is 423 g/mol. The maximum absolute atomic E-state index is 4.18. The fourth-order valence-corrected chi connectivity index (χ4v) is 3.76. The lowest BCUT2D eigenvalue weighted by Crippen LogP contribution is -2.04.